The van der Waals surface area contributed by atoms with Crippen LogP contribution in [-0.2, 0) is 4.79 Å². The molecule has 1 saturated carbocycles. The van der Waals surface area contributed by atoms with Gasteiger partial charge in [0, 0.05) is 15.2 Å². The van der Waals surface area contributed by atoms with Crippen LogP contribution in [0.3, 0.4) is 0 Å². The van der Waals surface area contributed by atoms with Crippen LogP contribution < -0.4 is 5.32 Å². The van der Waals surface area contributed by atoms with Gasteiger partial charge in [0.15, 0.2) is 0 Å². The van der Waals surface area contributed by atoms with E-state index in [1.165, 1.54) is 0 Å². The van der Waals surface area contributed by atoms with Gasteiger partial charge in [-0.2, -0.15) is 0 Å². The Bertz CT molecular complexity index is 498. The lowest BCUT2D eigenvalue weighted by Crippen LogP contribution is -2.48. The van der Waals surface area contributed by atoms with Crippen LogP contribution in [-0.4, -0.2) is 28.9 Å². The Morgan fingerprint density at radius 3 is 2.84 bits per heavy atom. The standard InChI is InChI=1S/C13H15Cl2NO2S/c1-16-13(12(17)18)5-4-9(7-13)19-11-6-8(14)2-3-10(11)15/h2-3,6,9,16H,4-5,7H2,1H3,(H,17,18). The van der Waals surface area contributed by atoms with Crippen LogP contribution in [0, 0.1) is 0 Å². The van der Waals surface area contributed by atoms with Gasteiger partial charge in [0.1, 0.15) is 5.54 Å². The lowest BCUT2D eigenvalue weighted by molar-refractivity contribution is -0.144. The molecule has 0 heterocycles. The van der Waals surface area contributed by atoms with Gasteiger partial charge in [-0.3, -0.25) is 4.79 Å². The van der Waals surface area contributed by atoms with E-state index in [2.05, 4.69) is 5.32 Å². The molecule has 6 heteroatoms. The number of benzene rings is 1. The third-order valence-electron chi connectivity index (χ3n) is 3.54. The predicted molar refractivity (Wildman–Crippen MR) is 79.4 cm³/mol. The second-order valence-electron chi connectivity index (χ2n) is 4.69. The Balaban J connectivity index is 2.10. The van der Waals surface area contributed by atoms with E-state index in [-0.39, 0.29) is 5.25 Å². The zero-order valence-electron chi connectivity index (χ0n) is 10.5. The van der Waals surface area contributed by atoms with Gasteiger partial charge < -0.3 is 10.4 Å². The predicted octanol–water partition coefficient (Wildman–Crippen LogP) is 3.68. The number of halogens is 2. The molecule has 0 radical (unpaired) electrons. The second kappa shape index (κ2) is 5.92. The molecule has 0 bridgehead atoms. The van der Waals surface area contributed by atoms with Crippen molar-refractivity contribution in [3.63, 3.8) is 0 Å². The van der Waals surface area contributed by atoms with Gasteiger partial charge in [0.25, 0.3) is 0 Å². The van der Waals surface area contributed by atoms with Crippen molar-refractivity contribution in [3.8, 4) is 0 Å². The van der Waals surface area contributed by atoms with Crippen molar-refractivity contribution in [3.05, 3.63) is 28.2 Å². The molecular formula is C13H15Cl2NO2S. The Hall–Kier alpha value is -0.420. The average molecular weight is 320 g/mol. The maximum Gasteiger partial charge on any atom is 0.323 e. The van der Waals surface area contributed by atoms with E-state index in [4.69, 9.17) is 23.2 Å². The number of carbonyl (C=O) groups is 1. The van der Waals surface area contributed by atoms with Crippen LogP contribution >= 0.6 is 35.0 Å². The van der Waals surface area contributed by atoms with Crippen molar-refractivity contribution in [2.75, 3.05) is 7.05 Å². The molecule has 1 aromatic carbocycles. The van der Waals surface area contributed by atoms with Gasteiger partial charge in [0.05, 0.1) is 5.02 Å². The molecule has 2 rings (SSSR count). The number of thioether (sulfide) groups is 1. The summed E-state index contributed by atoms with van der Waals surface area (Å²) in [5.41, 5.74) is -0.803. The molecule has 19 heavy (non-hydrogen) atoms. The molecule has 0 aromatic heterocycles. The SMILES string of the molecule is CNC1(C(=O)O)CCC(Sc2cc(Cl)ccc2Cl)C1. The van der Waals surface area contributed by atoms with Crippen LogP contribution in [0.5, 0.6) is 0 Å². The first kappa shape index (κ1) is 15.0. The molecule has 0 saturated heterocycles. The summed E-state index contributed by atoms with van der Waals surface area (Å²) in [5, 5.41) is 13.8. The topological polar surface area (TPSA) is 49.3 Å². The van der Waals surface area contributed by atoms with Gasteiger partial charge in [-0.05, 0) is 44.5 Å². The lowest BCUT2D eigenvalue weighted by atomic mass is 9.99. The van der Waals surface area contributed by atoms with E-state index in [9.17, 15) is 9.90 Å². The van der Waals surface area contributed by atoms with Crippen molar-refractivity contribution < 1.29 is 9.90 Å². The van der Waals surface area contributed by atoms with Crippen molar-refractivity contribution >= 4 is 40.9 Å². The monoisotopic (exact) mass is 319 g/mol. The van der Waals surface area contributed by atoms with Gasteiger partial charge in [-0.25, -0.2) is 0 Å². The van der Waals surface area contributed by atoms with E-state index in [0.717, 1.165) is 11.3 Å². The average Bonchev–Trinajstić information content (AvgIpc) is 2.79. The summed E-state index contributed by atoms with van der Waals surface area (Å²) >= 11 is 13.7. The molecule has 104 valence electrons. The Morgan fingerprint density at radius 1 is 1.53 bits per heavy atom. The summed E-state index contributed by atoms with van der Waals surface area (Å²) in [5.74, 6) is -0.782. The van der Waals surface area contributed by atoms with Crippen molar-refractivity contribution in [2.24, 2.45) is 0 Å². The van der Waals surface area contributed by atoms with E-state index < -0.39 is 11.5 Å². The number of likely N-dealkylation sites (N-methyl/N-ethyl adjacent to an activating group) is 1. The molecule has 0 aliphatic heterocycles. The number of nitrogens with one attached hydrogen (secondary N) is 1. The molecule has 1 aliphatic rings. The normalized spacial score (nSPS) is 26.6. The second-order valence-corrected chi connectivity index (χ2v) is 6.88. The first-order valence-electron chi connectivity index (χ1n) is 6.01. The van der Waals surface area contributed by atoms with Crippen LogP contribution in [0.2, 0.25) is 10.0 Å². The van der Waals surface area contributed by atoms with E-state index >= 15 is 0 Å². The molecule has 1 fully saturated rings. The Kier molecular flexibility index (Phi) is 4.66. The Labute approximate surface area is 126 Å². The summed E-state index contributed by atoms with van der Waals surface area (Å²) in [6, 6.07) is 5.34. The summed E-state index contributed by atoms with van der Waals surface area (Å²) in [6.07, 6.45) is 2.07. The molecule has 0 amide bonds. The van der Waals surface area contributed by atoms with Crippen molar-refractivity contribution in [2.45, 2.75) is 34.9 Å². The number of carboxylic acids is 1. The lowest BCUT2D eigenvalue weighted by Gasteiger charge is -2.23. The largest absolute Gasteiger partial charge is 0.480 e. The zero-order chi connectivity index (χ0) is 14.0. The maximum absolute atomic E-state index is 11.4. The molecule has 2 N–H and O–H groups in total. The fraction of sp³-hybridized carbons (Fsp3) is 0.462. The van der Waals surface area contributed by atoms with Crippen LogP contribution in [0.4, 0.5) is 0 Å². The van der Waals surface area contributed by atoms with E-state index in [1.54, 1.807) is 30.9 Å². The highest BCUT2D eigenvalue weighted by Crippen LogP contribution is 2.42. The summed E-state index contributed by atoms with van der Waals surface area (Å²) in [7, 11) is 1.70. The molecular weight excluding hydrogens is 305 g/mol. The van der Waals surface area contributed by atoms with Gasteiger partial charge >= 0.3 is 5.97 Å². The zero-order valence-corrected chi connectivity index (χ0v) is 12.8. The summed E-state index contributed by atoms with van der Waals surface area (Å²) < 4.78 is 0. The fourth-order valence-electron chi connectivity index (χ4n) is 2.38. The third kappa shape index (κ3) is 3.19. The third-order valence-corrected chi connectivity index (χ3v) is 5.55. The minimum Gasteiger partial charge on any atom is -0.480 e. The van der Waals surface area contributed by atoms with Gasteiger partial charge in [-0.15, -0.1) is 11.8 Å². The number of aliphatic carboxylic acids is 1. The highest BCUT2D eigenvalue weighted by atomic mass is 35.5. The number of hydrogen-bond donors (Lipinski definition) is 2. The van der Waals surface area contributed by atoms with Gasteiger partial charge in [-0.1, -0.05) is 23.2 Å². The van der Waals surface area contributed by atoms with E-state index in [0.29, 0.717) is 22.9 Å². The smallest absolute Gasteiger partial charge is 0.323 e. The highest BCUT2D eigenvalue weighted by Gasteiger charge is 2.44. The highest BCUT2D eigenvalue weighted by molar-refractivity contribution is 8.00. The minimum absolute atomic E-state index is 0.236. The quantitative estimate of drug-likeness (QED) is 0.888. The first-order valence-corrected chi connectivity index (χ1v) is 7.64. The number of carboxylic acid groups (broad SMARTS) is 1. The number of hydrogen-bond acceptors (Lipinski definition) is 3. The molecule has 3 nitrogen and oxygen atoms in total. The molecule has 0 spiro atoms. The van der Waals surface area contributed by atoms with Crippen molar-refractivity contribution in [1.29, 1.82) is 0 Å². The maximum atomic E-state index is 11.4. The first-order chi connectivity index (χ1) is 8.97. The summed E-state index contributed by atoms with van der Waals surface area (Å²) in [4.78, 5) is 12.3. The number of rotatable bonds is 4. The van der Waals surface area contributed by atoms with E-state index in [1.807, 2.05) is 6.07 Å². The van der Waals surface area contributed by atoms with Crippen LogP contribution in [0.25, 0.3) is 0 Å². The van der Waals surface area contributed by atoms with Crippen molar-refractivity contribution in [1.82, 2.24) is 5.32 Å². The minimum atomic E-state index is -0.803. The molecule has 2 atom stereocenters. The van der Waals surface area contributed by atoms with Gasteiger partial charge in [0.2, 0.25) is 0 Å². The molecule has 1 aliphatic carbocycles. The molecule has 1 aromatic rings. The van der Waals surface area contributed by atoms with Crippen LogP contribution in [0.15, 0.2) is 23.1 Å². The Morgan fingerprint density at radius 2 is 2.26 bits per heavy atom. The molecule has 2 unspecified atom stereocenters. The summed E-state index contributed by atoms with van der Waals surface area (Å²) in [6.45, 7) is 0. The fourth-order valence-corrected chi connectivity index (χ4v) is 4.20. The van der Waals surface area contributed by atoms with Crippen LogP contribution in [0.1, 0.15) is 19.3 Å².